The Morgan fingerprint density at radius 1 is 1.33 bits per heavy atom. The summed E-state index contributed by atoms with van der Waals surface area (Å²) in [5.74, 6) is 0.0179. The zero-order valence-corrected chi connectivity index (χ0v) is 8.78. The monoisotopic (exact) mass is 204 g/mol. The molecule has 80 valence electrons. The Balaban J connectivity index is 2.37. The van der Waals surface area contributed by atoms with Gasteiger partial charge in [-0.2, -0.15) is 0 Å². The molecule has 0 atom stereocenters. The minimum absolute atomic E-state index is 0.0179. The van der Waals surface area contributed by atoms with Crippen molar-refractivity contribution in [3.05, 3.63) is 29.8 Å². The Labute approximate surface area is 89.9 Å². The van der Waals surface area contributed by atoms with E-state index < -0.39 is 0 Å². The molecule has 0 fully saturated rings. The number of nitrogens with two attached hydrogens (primary N) is 1. The average molecular weight is 204 g/mol. The highest BCUT2D eigenvalue weighted by Gasteiger charge is 2.19. The number of hydrogen-bond donors (Lipinski definition) is 1. The van der Waals surface area contributed by atoms with Crippen LogP contribution in [0.4, 0.5) is 5.69 Å². The van der Waals surface area contributed by atoms with Crippen LogP contribution < -0.4 is 10.6 Å². The molecule has 1 heterocycles. The van der Waals surface area contributed by atoms with Crippen LogP contribution in [0.1, 0.15) is 18.4 Å². The molecule has 15 heavy (non-hydrogen) atoms. The summed E-state index contributed by atoms with van der Waals surface area (Å²) in [7, 11) is 0. The van der Waals surface area contributed by atoms with E-state index in [0.717, 1.165) is 31.5 Å². The van der Waals surface area contributed by atoms with Gasteiger partial charge in [0.1, 0.15) is 0 Å². The standard InChI is InChI=1S/C12H16N2O/c13-9-12(15)14-8-4-3-6-10-5-1-2-7-11(10)14/h1-2,5,7H,3-4,6,8-9,13H2. The number of benzene rings is 1. The molecule has 1 aromatic carbocycles. The topological polar surface area (TPSA) is 46.3 Å². The lowest BCUT2D eigenvalue weighted by molar-refractivity contribution is -0.117. The number of anilines is 1. The van der Waals surface area contributed by atoms with Gasteiger partial charge < -0.3 is 10.6 Å². The third kappa shape index (κ3) is 2.02. The molecule has 0 radical (unpaired) electrons. The van der Waals surface area contributed by atoms with Crippen molar-refractivity contribution in [3.63, 3.8) is 0 Å². The summed E-state index contributed by atoms with van der Waals surface area (Å²) in [4.78, 5) is 13.5. The van der Waals surface area contributed by atoms with Crippen molar-refractivity contribution in [2.75, 3.05) is 18.0 Å². The van der Waals surface area contributed by atoms with Gasteiger partial charge >= 0.3 is 0 Å². The molecule has 0 saturated heterocycles. The van der Waals surface area contributed by atoms with Crippen LogP contribution in [-0.2, 0) is 11.2 Å². The molecule has 3 nitrogen and oxygen atoms in total. The molecule has 0 aliphatic carbocycles. The van der Waals surface area contributed by atoms with Gasteiger partial charge in [-0.3, -0.25) is 4.79 Å². The van der Waals surface area contributed by atoms with E-state index >= 15 is 0 Å². The summed E-state index contributed by atoms with van der Waals surface area (Å²) in [6, 6.07) is 8.10. The van der Waals surface area contributed by atoms with Gasteiger partial charge in [-0.15, -0.1) is 0 Å². The number of rotatable bonds is 1. The summed E-state index contributed by atoms with van der Waals surface area (Å²) in [6.45, 7) is 0.890. The van der Waals surface area contributed by atoms with Gasteiger partial charge in [0.05, 0.1) is 6.54 Å². The minimum Gasteiger partial charge on any atom is -0.322 e. The highest BCUT2D eigenvalue weighted by Crippen LogP contribution is 2.25. The second kappa shape index (κ2) is 4.45. The van der Waals surface area contributed by atoms with Crippen molar-refractivity contribution < 1.29 is 4.79 Å². The van der Waals surface area contributed by atoms with Gasteiger partial charge in [0.15, 0.2) is 0 Å². The Morgan fingerprint density at radius 2 is 2.13 bits per heavy atom. The zero-order chi connectivity index (χ0) is 10.7. The molecule has 1 amide bonds. The normalized spacial score (nSPS) is 15.7. The molecule has 0 aromatic heterocycles. The van der Waals surface area contributed by atoms with Crippen LogP contribution in [0.3, 0.4) is 0 Å². The maximum absolute atomic E-state index is 11.7. The fraction of sp³-hybridized carbons (Fsp3) is 0.417. The van der Waals surface area contributed by atoms with E-state index in [2.05, 4.69) is 6.07 Å². The first kappa shape index (κ1) is 10.2. The quantitative estimate of drug-likeness (QED) is 0.749. The van der Waals surface area contributed by atoms with Crippen molar-refractivity contribution >= 4 is 11.6 Å². The maximum atomic E-state index is 11.7. The van der Waals surface area contributed by atoms with Gasteiger partial charge in [0, 0.05) is 12.2 Å². The second-order valence-electron chi connectivity index (χ2n) is 3.84. The van der Waals surface area contributed by atoms with Crippen LogP contribution >= 0.6 is 0 Å². The second-order valence-corrected chi connectivity index (χ2v) is 3.84. The highest BCUT2D eigenvalue weighted by atomic mass is 16.2. The van der Waals surface area contributed by atoms with Crippen LogP contribution in [-0.4, -0.2) is 19.0 Å². The molecule has 3 heteroatoms. The Kier molecular flexibility index (Phi) is 3.02. The first-order valence-corrected chi connectivity index (χ1v) is 5.41. The molecule has 0 unspecified atom stereocenters. The number of fused-ring (bicyclic) bond motifs is 1. The van der Waals surface area contributed by atoms with Crippen LogP contribution in [0.2, 0.25) is 0 Å². The third-order valence-electron chi connectivity index (χ3n) is 2.84. The first-order valence-electron chi connectivity index (χ1n) is 5.41. The van der Waals surface area contributed by atoms with E-state index in [9.17, 15) is 4.79 Å². The predicted octanol–water partition coefficient (Wildman–Crippen LogP) is 1.31. The Bertz CT molecular complexity index is 362. The number of carbonyl (C=O) groups is 1. The molecular weight excluding hydrogens is 188 g/mol. The highest BCUT2D eigenvalue weighted by molar-refractivity contribution is 5.95. The minimum atomic E-state index is 0.0179. The molecule has 1 aliphatic heterocycles. The molecule has 0 bridgehead atoms. The van der Waals surface area contributed by atoms with E-state index in [-0.39, 0.29) is 12.5 Å². The smallest absolute Gasteiger partial charge is 0.240 e. The van der Waals surface area contributed by atoms with E-state index in [4.69, 9.17) is 5.73 Å². The lowest BCUT2D eigenvalue weighted by Gasteiger charge is -2.22. The third-order valence-corrected chi connectivity index (χ3v) is 2.84. The predicted molar refractivity (Wildman–Crippen MR) is 60.8 cm³/mol. The molecule has 0 saturated carbocycles. The van der Waals surface area contributed by atoms with E-state index in [1.165, 1.54) is 5.56 Å². The van der Waals surface area contributed by atoms with Gasteiger partial charge in [-0.05, 0) is 30.9 Å². The summed E-state index contributed by atoms with van der Waals surface area (Å²) >= 11 is 0. The molecule has 2 N–H and O–H groups in total. The van der Waals surface area contributed by atoms with E-state index in [1.807, 2.05) is 23.1 Å². The fourth-order valence-electron chi connectivity index (χ4n) is 2.06. The van der Waals surface area contributed by atoms with Crippen LogP contribution in [0.25, 0.3) is 0 Å². The average Bonchev–Trinajstić information content (AvgIpc) is 2.50. The Hall–Kier alpha value is -1.35. The largest absolute Gasteiger partial charge is 0.322 e. The van der Waals surface area contributed by atoms with Crippen molar-refractivity contribution in [3.8, 4) is 0 Å². The maximum Gasteiger partial charge on any atom is 0.240 e. The van der Waals surface area contributed by atoms with Crippen molar-refractivity contribution in [2.45, 2.75) is 19.3 Å². The summed E-state index contributed by atoms with van der Waals surface area (Å²) in [5, 5.41) is 0. The fourth-order valence-corrected chi connectivity index (χ4v) is 2.06. The Morgan fingerprint density at radius 3 is 2.93 bits per heavy atom. The zero-order valence-electron chi connectivity index (χ0n) is 8.78. The van der Waals surface area contributed by atoms with Gasteiger partial charge in [0.2, 0.25) is 5.91 Å². The molecular formula is C12H16N2O. The van der Waals surface area contributed by atoms with Crippen molar-refractivity contribution in [1.82, 2.24) is 0 Å². The lowest BCUT2D eigenvalue weighted by Crippen LogP contribution is -2.36. The lowest BCUT2D eigenvalue weighted by atomic mass is 10.1. The van der Waals surface area contributed by atoms with Crippen LogP contribution in [0, 0.1) is 0 Å². The summed E-state index contributed by atoms with van der Waals surface area (Å²) in [6.07, 6.45) is 3.26. The van der Waals surface area contributed by atoms with E-state index in [1.54, 1.807) is 0 Å². The van der Waals surface area contributed by atoms with Gasteiger partial charge in [-0.25, -0.2) is 0 Å². The number of nitrogens with zero attached hydrogens (tertiary/aromatic N) is 1. The number of carbonyl (C=O) groups excluding carboxylic acids is 1. The van der Waals surface area contributed by atoms with Crippen molar-refractivity contribution in [2.24, 2.45) is 5.73 Å². The molecule has 0 spiro atoms. The van der Waals surface area contributed by atoms with Crippen molar-refractivity contribution in [1.29, 1.82) is 0 Å². The van der Waals surface area contributed by atoms with Crippen LogP contribution in [0.15, 0.2) is 24.3 Å². The number of para-hydroxylation sites is 1. The first-order chi connectivity index (χ1) is 7.33. The molecule has 1 aromatic rings. The van der Waals surface area contributed by atoms with Gasteiger partial charge in [0.25, 0.3) is 0 Å². The summed E-state index contributed by atoms with van der Waals surface area (Å²) < 4.78 is 0. The molecule has 1 aliphatic rings. The van der Waals surface area contributed by atoms with Gasteiger partial charge in [-0.1, -0.05) is 18.2 Å². The van der Waals surface area contributed by atoms with Crippen LogP contribution in [0.5, 0.6) is 0 Å². The molecule has 2 rings (SSSR count). The number of aryl methyl sites for hydroxylation is 1. The number of amides is 1. The number of hydrogen-bond acceptors (Lipinski definition) is 2. The van der Waals surface area contributed by atoms with E-state index in [0.29, 0.717) is 0 Å². The summed E-state index contributed by atoms with van der Waals surface area (Å²) in [5.41, 5.74) is 7.73. The SMILES string of the molecule is NCC(=O)N1CCCCc2ccccc21.